The second-order valence-electron chi connectivity index (χ2n) is 8.23. The van der Waals surface area contributed by atoms with Crippen molar-refractivity contribution in [2.24, 2.45) is 17.8 Å². The number of fused-ring (bicyclic) bond motifs is 1. The molecule has 3 aliphatic carbocycles. The van der Waals surface area contributed by atoms with E-state index in [1.54, 1.807) is 0 Å². The number of hydrogen-bond acceptors (Lipinski definition) is 5. The Kier molecular flexibility index (Phi) is 5.11. The van der Waals surface area contributed by atoms with Gasteiger partial charge < -0.3 is 14.8 Å². The second-order valence-corrected chi connectivity index (χ2v) is 8.23. The summed E-state index contributed by atoms with van der Waals surface area (Å²) in [7, 11) is 1.52. The number of carbonyl (C=O) groups is 1. The number of nitrogens with zero attached hydrogens (tertiary/aromatic N) is 1. The highest BCUT2D eigenvalue weighted by Crippen LogP contribution is 2.50. The first-order valence-electron chi connectivity index (χ1n) is 9.92. The minimum absolute atomic E-state index is 0.00649. The maximum atomic E-state index is 11.8. The molecule has 136 valence electrons. The van der Waals surface area contributed by atoms with Gasteiger partial charge in [-0.1, -0.05) is 12.8 Å². The third-order valence-corrected chi connectivity index (χ3v) is 7.03. The highest BCUT2D eigenvalue weighted by Gasteiger charge is 2.50. The lowest BCUT2D eigenvalue weighted by atomic mass is 9.70. The monoisotopic (exact) mass is 336 g/mol. The number of carbonyl (C=O) groups excluding carboxylic acids is 1. The quantitative estimate of drug-likeness (QED) is 0.794. The molecule has 0 aromatic heterocycles. The van der Waals surface area contributed by atoms with Crippen molar-refractivity contribution in [1.29, 1.82) is 0 Å². The number of methoxy groups -OCH3 is 1. The molecule has 1 saturated heterocycles. The third kappa shape index (κ3) is 3.23. The molecule has 4 fully saturated rings. The summed E-state index contributed by atoms with van der Waals surface area (Å²) in [6.07, 6.45) is 8.67. The van der Waals surface area contributed by atoms with E-state index in [1.807, 2.05) is 0 Å². The van der Waals surface area contributed by atoms with Crippen LogP contribution in [0, 0.1) is 17.8 Å². The Morgan fingerprint density at radius 3 is 2.67 bits per heavy atom. The van der Waals surface area contributed by atoms with Gasteiger partial charge in [-0.3, -0.25) is 9.69 Å². The minimum atomic E-state index is 0.00649. The highest BCUT2D eigenvalue weighted by molar-refractivity contribution is 5.72. The molecular weight excluding hydrogens is 304 g/mol. The van der Waals surface area contributed by atoms with Crippen molar-refractivity contribution in [3.05, 3.63) is 0 Å². The van der Waals surface area contributed by atoms with Gasteiger partial charge in [-0.2, -0.15) is 0 Å². The normalized spacial score (nSPS) is 43.0. The van der Waals surface area contributed by atoms with Gasteiger partial charge in [0.15, 0.2) is 0 Å². The van der Waals surface area contributed by atoms with Crippen LogP contribution in [0.1, 0.15) is 44.9 Å². The Labute approximate surface area is 145 Å². The molecule has 0 aromatic carbocycles. The van der Waals surface area contributed by atoms with E-state index in [0.29, 0.717) is 24.0 Å². The zero-order valence-corrected chi connectivity index (χ0v) is 14.9. The van der Waals surface area contributed by atoms with Crippen molar-refractivity contribution in [3.8, 4) is 0 Å². The molecule has 6 unspecified atom stereocenters. The smallest absolute Gasteiger partial charge is 0.308 e. The molecule has 0 bridgehead atoms. The van der Waals surface area contributed by atoms with E-state index in [-0.39, 0.29) is 11.9 Å². The summed E-state index contributed by atoms with van der Waals surface area (Å²) in [5.41, 5.74) is 0. The molecule has 4 rings (SSSR count). The second kappa shape index (κ2) is 7.30. The molecule has 0 amide bonds. The SMILES string of the molecule is COC(=O)C1CC2CC(NC3CCCCC3N3CCOCC3)C2C1. The first-order chi connectivity index (χ1) is 11.8. The Morgan fingerprint density at radius 2 is 1.88 bits per heavy atom. The average Bonchev–Trinajstić information content (AvgIpc) is 2.97. The van der Waals surface area contributed by atoms with Crippen LogP contribution in [-0.2, 0) is 14.3 Å². The van der Waals surface area contributed by atoms with Crippen LogP contribution < -0.4 is 5.32 Å². The number of ether oxygens (including phenoxy) is 2. The van der Waals surface area contributed by atoms with E-state index in [2.05, 4.69) is 10.2 Å². The summed E-state index contributed by atoms with van der Waals surface area (Å²) in [5.74, 6) is 1.60. The maximum absolute atomic E-state index is 11.8. The third-order valence-electron chi connectivity index (χ3n) is 7.03. The van der Waals surface area contributed by atoms with Crippen molar-refractivity contribution in [3.63, 3.8) is 0 Å². The molecule has 0 radical (unpaired) electrons. The standard InChI is InChI=1S/C19H32N2O3/c1-23-19(22)14-10-13-12-17(15(13)11-14)20-16-4-2-3-5-18(16)21-6-8-24-9-7-21/h13-18,20H,2-12H2,1H3. The summed E-state index contributed by atoms with van der Waals surface area (Å²) < 4.78 is 10.5. The van der Waals surface area contributed by atoms with Crippen LogP contribution >= 0.6 is 0 Å². The molecule has 0 spiro atoms. The fraction of sp³-hybridized carbons (Fsp3) is 0.947. The van der Waals surface area contributed by atoms with Crippen LogP contribution in [-0.4, -0.2) is 62.4 Å². The van der Waals surface area contributed by atoms with Gasteiger partial charge in [-0.15, -0.1) is 0 Å². The van der Waals surface area contributed by atoms with Crippen LogP contribution in [0.5, 0.6) is 0 Å². The number of hydrogen-bond donors (Lipinski definition) is 1. The predicted molar refractivity (Wildman–Crippen MR) is 91.7 cm³/mol. The van der Waals surface area contributed by atoms with E-state index in [0.717, 1.165) is 45.1 Å². The lowest BCUT2D eigenvalue weighted by Gasteiger charge is -2.48. The molecule has 1 aliphatic heterocycles. The van der Waals surface area contributed by atoms with Crippen LogP contribution in [0.4, 0.5) is 0 Å². The molecule has 5 heteroatoms. The summed E-state index contributed by atoms with van der Waals surface area (Å²) in [6.45, 7) is 3.95. The minimum Gasteiger partial charge on any atom is -0.469 e. The lowest BCUT2D eigenvalue weighted by molar-refractivity contribution is -0.145. The Hall–Kier alpha value is -0.650. The molecule has 5 nitrogen and oxygen atoms in total. The van der Waals surface area contributed by atoms with Crippen molar-refractivity contribution in [1.82, 2.24) is 10.2 Å². The van der Waals surface area contributed by atoms with E-state index in [4.69, 9.17) is 9.47 Å². The van der Waals surface area contributed by atoms with Gasteiger partial charge in [0.25, 0.3) is 0 Å². The Balaban J connectivity index is 1.33. The van der Waals surface area contributed by atoms with Crippen LogP contribution in [0.3, 0.4) is 0 Å². The van der Waals surface area contributed by atoms with Crippen LogP contribution in [0.25, 0.3) is 0 Å². The zero-order chi connectivity index (χ0) is 16.5. The van der Waals surface area contributed by atoms with Gasteiger partial charge in [0.2, 0.25) is 0 Å². The van der Waals surface area contributed by atoms with Gasteiger partial charge in [0.05, 0.1) is 26.2 Å². The van der Waals surface area contributed by atoms with Crippen molar-refractivity contribution in [2.45, 2.75) is 63.1 Å². The topological polar surface area (TPSA) is 50.8 Å². The van der Waals surface area contributed by atoms with Gasteiger partial charge in [0.1, 0.15) is 0 Å². The molecule has 3 saturated carbocycles. The molecule has 4 aliphatic rings. The largest absolute Gasteiger partial charge is 0.469 e. The van der Waals surface area contributed by atoms with E-state index in [9.17, 15) is 4.79 Å². The molecule has 1 N–H and O–H groups in total. The lowest BCUT2D eigenvalue weighted by Crippen LogP contribution is -2.60. The van der Waals surface area contributed by atoms with Gasteiger partial charge in [-0.25, -0.2) is 0 Å². The van der Waals surface area contributed by atoms with Crippen molar-refractivity contribution >= 4 is 5.97 Å². The summed E-state index contributed by atoms with van der Waals surface area (Å²) in [6, 6.07) is 1.93. The van der Waals surface area contributed by atoms with E-state index in [1.165, 1.54) is 39.2 Å². The zero-order valence-electron chi connectivity index (χ0n) is 14.9. The summed E-state index contributed by atoms with van der Waals surface area (Å²) in [4.78, 5) is 14.5. The predicted octanol–water partition coefficient (Wildman–Crippen LogP) is 1.81. The van der Waals surface area contributed by atoms with Crippen LogP contribution in [0.2, 0.25) is 0 Å². The van der Waals surface area contributed by atoms with Gasteiger partial charge >= 0.3 is 5.97 Å². The first-order valence-corrected chi connectivity index (χ1v) is 9.92. The highest BCUT2D eigenvalue weighted by atomic mass is 16.5. The molecule has 0 aromatic rings. The Morgan fingerprint density at radius 1 is 1.08 bits per heavy atom. The number of nitrogens with one attached hydrogen (secondary N) is 1. The summed E-state index contributed by atoms with van der Waals surface area (Å²) in [5, 5.41) is 4.02. The number of rotatable bonds is 4. The molecule has 6 atom stereocenters. The van der Waals surface area contributed by atoms with E-state index >= 15 is 0 Å². The van der Waals surface area contributed by atoms with Crippen molar-refractivity contribution in [2.75, 3.05) is 33.4 Å². The maximum Gasteiger partial charge on any atom is 0.308 e. The van der Waals surface area contributed by atoms with Crippen LogP contribution in [0.15, 0.2) is 0 Å². The fourth-order valence-electron chi connectivity index (χ4n) is 5.70. The van der Waals surface area contributed by atoms with Gasteiger partial charge in [-0.05, 0) is 43.9 Å². The number of esters is 1. The number of morpholine rings is 1. The summed E-state index contributed by atoms with van der Waals surface area (Å²) >= 11 is 0. The fourth-order valence-corrected chi connectivity index (χ4v) is 5.70. The first kappa shape index (κ1) is 16.8. The molecule has 1 heterocycles. The molecule has 24 heavy (non-hydrogen) atoms. The van der Waals surface area contributed by atoms with Gasteiger partial charge in [0, 0.05) is 31.2 Å². The molecular formula is C19H32N2O3. The van der Waals surface area contributed by atoms with E-state index < -0.39 is 0 Å². The Bertz CT molecular complexity index is 452. The average molecular weight is 336 g/mol. The van der Waals surface area contributed by atoms with Crippen molar-refractivity contribution < 1.29 is 14.3 Å².